The number of aromatic nitrogens is 2. The number of fused-ring (bicyclic) bond motifs is 2. The summed E-state index contributed by atoms with van der Waals surface area (Å²) in [4.78, 5) is 36.0. The molecule has 0 fully saturated rings. The van der Waals surface area contributed by atoms with Crippen LogP contribution >= 0.6 is 0 Å². The van der Waals surface area contributed by atoms with Crippen molar-refractivity contribution in [3.05, 3.63) is 83.2 Å². The zero-order chi connectivity index (χ0) is 28.2. The molecular formula is C28H30N4O6S. The molecule has 0 unspecified atom stereocenters. The number of nitrogens with one attached hydrogen (secondary N) is 2. The third-order valence-electron chi connectivity index (χ3n) is 6.18. The number of carbonyl (C=O) groups is 2. The molecule has 39 heavy (non-hydrogen) atoms. The first-order valence-corrected chi connectivity index (χ1v) is 14.2. The van der Waals surface area contributed by atoms with Crippen LogP contribution in [-0.2, 0) is 16.5 Å². The second-order valence-electron chi connectivity index (χ2n) is 9.17. The van der Waals surface area contributed by atoms with E-state index < -0.39 is 10.1 Å². The normalized spacial score (nSPS) is 13.1. The molecule has 1 aliphatic heterocycles. The minimum atomic E-state index is -3.67. The Morgan fingerprint density at radius 3 is 2.56 bits per heavy atom. The van der Waals surface area contributed by atoms with E-state index in [0.717, 1.165) is 36.3 Å². The van der Waals surface area contributed by atoms with Crippen molar-refractivity contribution in [3.63, 3.8) is 0 Å². The number of aryl methyl sites for hydroxylation is 2. The number of hydrogen-bond donors (Lipinski definition) is 3. The molecule has 3 aromatic carbocycles. The summed E-state index contributed by atoms with van der Waals surface area (Å²) < 4.78 is 31.4. The Kier molecular flexibility index (Phi) is 8.32. The Morgan fingerprint density at radius 1 is 1.08 bits per heavy atom. The topological polar surface area (TPSA) is 142 Å². The maximum atomic E-state index is 13.5. The second kappa shape index (κ2) is 11.7. The van der Waals surface area contributed by atoms with Crippen molar-refractivity contribution in [1.82, 2.24) is 9.97 Å². The number of anilines is 2. The molecule has 10 nitrogen and oxygen atoms in total. The molecule has 1 aromatic heterocycles. The van der Waals surface area contributed by atoms with Crippen molar-refractivity contribution in [2.24, 2.45) is 0 Å². The lowest BCUT2D eigenvalue weighted by molar-refractivity contribution is 0.0982. The summed E-state index contributed by atoms with van der Waals surface area (Å²) in [6.07, 6.45) is 3.67. The summed E-state index contributed by atoms with van der Waals surface area (Å²) in [5.74, 6) is 0.685. The van der Waals surface area contributed by atoms with E-state index in [0.29, 0.717) is 40.9 Å². The van der Waals surface area contributed by atoms with E-state index in [2.05, 4.69) is 21.4 Å². The van der Waals surface area contributed by atoms with Crippen LogP contribution in [0.3, 0.4) is 0 Å². The first kappa shape index (κ1) is 27.8. The van der Waals surface area contributed by atoms with Crippen LogP contribution in [0.15, 0.2) is 60.7 Å². The summed E-state index contributed by atoms with van der Waals surface area (Å²) in [6, 6.07) is 18.6. The fourth-order valence-electron chi connectivity index (χ4n) is 4.52. The largest absolute Gasteiger partial charge is 0.496 e. The Hall–Kier alpha value is -4.22. The number of aromatic amines is 1. The van der Waals surface area contributed by atoms with Gasteiger partial charge in [-0.3, -0.25) is 14.1 Å². The molecular weight excluding hydrogens is 520 g/mol. The summed E-state index contributed by atoms with van der Waals surface area (Å²) in [6.45, 7) is 2.53. The summed E-state index contributed by atoms with van der Waals surface area (Å²) >= 11 is 0. The molecule has 3 N–H and O–H groups in total. The zero-order valence-corrected chi connectivity index (χ0v) is 22.7. The Balaban J connectivity index is 0.000000648. The van der Waals surface area contributed by atoms with Crippen LogP contribution in [-0.4, -0.2) is 54.7 Å². The van der Waals surface area contributed by atoms with E-state index in [1.165, 1.54) is 12.7 Å². The molecule has 2 amide bonds. The number of para-hydroxylation sites is 2. The monoisotopic (exact) mass is 550 g/mol. The number of ether oxygens (including phenoxy) is 1. The van der Waals surface area contributed by atoms with E-state index in [4.69, 9.17) is 9.29 Å². The fourth-order valence-corrected chi connectivity index (χ4v) is 4.52. The van der Waals surface area contributed by atoms with Crippen LogP contribution in [0, 0.1) is 6.92 Å². The quantitative estimate of drug-likeness (QED) is 0.315. The maximum absolute atomic E-state index is 13.5. The molecule has 0 saturated heterocycles. The first-order chi connectivity index (χ1) is 18.5. The number of rotatable bonds is 4. The molecule has 11 heteroatoms. The van der Waals surface area contributed by atoms with Gasteiger partial charge >= 0.3 is 0 Å². The van der Waals surface area contributed by atoms with Crippen LogP contribution in [0.4, 0.5) is 11.4 Å². The highest BCUT2D eigenvalue weighted by Crippen LogP contribution is 2.30. The molecule has 0 saturated carbocycles. The predicted octanol–water partition coefficient (Wildman–Crippen LogP) is 4.62. The smallest absolute Gasteiger partial charge is 0.261 e. The van der Waals surface area contributed by atoms with Gasteiger partial charge in [0.2, 0.25) is 0 Å². The molecule has 0 spiro atoms. The maximum Gasteiger partial charge on any atom is 0.261 e. The molecule has 0 bridgehead atoms. The SMILES string of the molecule is COc1cc(C(=O)N2CCCCc3ccccc32)ccc1C(=O)Nc1cccc2[nH]c(C)nc12.CS(=O)(=O)O. The number of methoxy groups -OCH3 is 1. The molecule has 0 radical (unpaired) electrons. The van der Waals surface area contributed by atoms with Crippen molar-refractivity contribution >= 4 is 44.3 Å². The number of amides is 2. The van der Waals surface area contributed by atoms with Gasteiger partial charge in [-0.25, -0.2) is 4.98 Å². The molecule has 0 aliphatic carbocycles. The lowest BCUT2D eigenvalue weighted by Crippen LogP contribution is -2.31. The van der Waals surface area contributed by atoms with Crippen LogP contribution in [0.5, 0.6) is 5.75 Å². The van der Waals surface area contributed by atoms with Crippen molar-refractivity contribution in [2.45, 2.75) is 26.2 Å². The average Bonchev–Trinajstić information content (AvgIpc) is 3.15. The average molecular weight is 551 g/mol. The van der Waals surface area contributed by atoms with Crippen molar-refractivity contribution in [2.75, 3.05) is 30.1 Å². The molecule has 1 aliphatic rings. The molecule has 4 aromatic rings. The van der Waals surface area contributed by atoms with Crippen molar-refractivity contribution in [1.29, 1.82) is 0 Å². The van der Waals surface area contributed by atoms with E-state index in [9.17, 15) is 18.0 Å². The lowest BCUT2D eigenvalue weighted by Gasteiger charge is -2.23. The van der Waals surface area contributed by atoms with E-state index >= 15 is 0 Å². The summed E-state index contributed by atoms with van der Waals surface area (Å²) in [5, 5.41) is 2.93. The Morgan fingerprint density at radius 2 is 1.82 bits per heavy atom. The predicted molar refractivity (Wildman–Crippen MR) is 150 cm³/mol. The minimum absolute atomic E-state index is 0.101. The van der Waals surface area contributed by atoms with Crippen LogP contribution in [0.2, 0.25) is 0 Å². The highest BCUT2D eigenvalue weighted by Gasteiger charge is 2.24. The van der Waals surface area contributed by atoms with Gasteiger partial charge < -0.3 is 19.9 Å². The number of imidazole rings is 1. The van der Waals surface area contributed by atoms with Gasteiger partial charge in [0.1, 0.15) is 17.1 Å². The first-order valence-electron chi connectivity index (χ1n) is 12.3. The van der Waals surface area contributed by atoms with Crippen molar-refractivity contribution < 1.29 is 27.3 Å². The fraction of sp³-hybridized carbons (Fsp3) is 0.250. The Bertz CT molecular complexity index is 1620. The summed E-state index contributed by atoms with van der Waals surface area (Å²) in [5.41, 5.74) is 5.11. The molecule has 2 heterocycles. The van der Waals surface area contributed by atoms with E-state index in [-0.39, 0.29) is 11.8 Å². The van der Waals surface area contributed by atoms with Gasteiger partial charge in [-0.05, 0) is 68.1 Å². The Labute approximate surface area is 226 Å². The second-order valence-corrected chi connectivity index (χ2v) is 10.6. The van der Waals surface area contributed by atoms with E-state index in [1.807, 2.05) is 48.2 Å². The molecule has 5 rings (SSSR count). The standard InChI is InChI=1S/C27H26N4O3.CH4O3S/c1-17-28-21-10-7-11-22(25(21)29-17)30-26(32)20-14-13-19(16-24(20)34-2)27(33)31-15-6-5-9-18-8-3-4-12-23(18)31;1-5(2,3)4/h3-4,7-8,10-14,16H,5-6,9,15H2,1-2H3,(H,28,29)(H,30,32);1H3,(H,2,3,4). The number of nitrogens with zero attached hydrogens (tertiary/aromatic N) is 2. The van der Waals surface area contributed by atoms with Gasteiger partial charge in [0, 0.05) is 17.8 Å². The third-order valence-corrected chi connectivity index (χ3v) is 6.18. The lowest BCUT2D eigenvalue weighted by atomic mass is 10.1. The third kappa shape index (κ3) is 6.81. The van der Waals surface area contributed by atoms with Crippen molar-refractivity contribution in [3.8, 4) is 5.75 Å². The highest BCUT2D eigenvalue weighted by molar-refractivity contribution is 7.85. The zero-order valence-electron chi connectivity index (χ0n) is 21.9. The van der Waals surface area contributed by atoms with Gasteiger partial charge in [0.05, 0.1) is 30.1 Å². The summed E-state index contributed by atoms with van der Waals surface area (Å²) in [7, 11) is -2.17. The number of hydrogen-bond acceptors (Lipinski definition) is 6. The van der Waals surface area contributed by atoms with Crippen LogP contribution < -0.4 is 15.0 Å². The number of carbonyl (C=O) groups excluding carboxylic acids is 2. The molecule has 204 valence electrons. The minimum Gasteiger partial charge on any atom is -0.496 e. The van der Waals surface area contributed by atoms with Crippen LogP contribution in [0.25, 0.3) is 11.0 Å². The van der Waals surface area contributed by atoms with Crippen LogP contribution in [0.1, 0.15) is 44.9 Å². The highest BCUT2D eigenvalue weighted by atomic mass is 32.2. The van der Waals surface area contributed by atoms with Gasteiger partial charge in [0.15, 0.2) is 0 Å². The molecule has 0 atom stereocenters. The van der Waals surface area contributed by atoms with Gasteiger partial charge in [-0.2, -0.15) is 8.42 Å². The van der Waals surface area contributed by atoms with E-state index in [1.54, 1.807) is 18.2 Å². The van der Waals surface area contributed by atoms with Gasteiger partial charge in [0.25, 0.3) is 21.9 Å². The number of H-pyrrole nitrogens is 1. The van der Waals surface area contributed by atoms with Gasteiger partial charge in [-0.15, -0.1) is 0 Å². The van der Waals surface area contributed by atoms with Gasteiger partial charge in [-0.1, -0.05) is 24.3 Å². The number of benzene rings is 3.